The molecule has 1 aliphatic rings. The first-order chi connectivity index (χ1) is 6.97. The molecule has 3 nitrogen and oxygen atoms in total. The van der Waals surface area contributed by atoms with Crippen LogP contribution in [0.25, 0.3) is 0 Å². The van der Waals surface area contributed by atoms with Gasteiger partial charge < -0.3 is 10.1 Å². The number of hydrogen-bond acceptors (Lipinski definition) is 2. The molecule has 1 N–H and O–H groups in total. The predicted octanol–water partition coefficient (Wildman–Crippen LogP) is 2.47. The van der Waals surface area contributed by atoms with E-state index in [1.807, 2.05) is 0 Å². The molecule has 0 aromatic heterocycles. The summed E-state index contributed by atoms with van der Waals surface area (Å²) in [5.41, 5.74) is 0. The highest BCUT2D eigenvalue weighted by Crippen LogP contribution is 2.23. The predicted molar refractivity (Wildman–Crippen MR) is 47.4 cm³/mol. The minimum absolute atomic E-state index is 0.392. The lowest BCUT2D eigenvalue weighted by Crippen LogP contribution is -2.31. The average molecular weight is 225 g/mol. The summed E-state index contributed by atoms with van der Waals surface area (Å²) in [6.07, 6.45) is -1.13. The van der Waals surface area contributed by atoms with Gasteiger partial charge in [0.2, 0.25) is 0 Å². The van der Waals surface area contributed by atoms with Crippen LogP contribution in [0.2, 0.25) is 0 Å². The normalized spacial score (nSPS) is 17.8. The fraction of sp³-hybridized carbons (Fsp3) is 0.889. The van der Waals surface area contributed by atoms with Crippen LogP contribution in [0.15, 0.2) is 0 Å². The zero-order chi connectivity index (χ0) is 11.3. The molecule has 0 radical (unpaired) electrons. The van der Waals surface area contributed by atoms with Crippen molar-refractivity contribution in [1.82, 2.24) is 5.32 Å². The van der Waals surface area contributed by atoms with E-state index in [1.54, 1.807) is 0 Å². The quantitative estimate of drug-likeness (QED) is 0.801. The van der Waals surface area contributed by atoms with Crippen molar-refractivity contribution in [3.8, 4) is 0 Å². The van der Waals surface area contributed by atoms with Crippen LogP contribution in [0, 0.1) is 5.92 Å². The summed E-state index contributed by atoms with van der Waals surface area (Å²) in [6, 6.07) is 0. The Morgan fingerprint density at radius 2 is 1.93 bits per heavy atom. The van der Waals surface area contributed by atoms with Crippen molar-refractivity contribution in [3.63, 3.8) is 0 Å². The maximum Gasteiger partial charge on any atom is 0.422 e. The molecule has 1 fully saturated rings. The molecule has 0 heterocycles. The molecular weight excluding hydrogens is 211 g/mol. The van der Waals surface area contributed by atoms with E-state index in [0.29, 0.717) is 12.5 Å². The number of alkyl halides is 3. The van der Waals surface area contributed by atoms with Gasteiger partial charge in [-0.05, 0) is 18.8 Å². The molecule has 88 valence electrons. The molecule has 1 amide bonds. The summed E-state index contributed by atoms with van der Waals surface area (Å²) in [5, 5.41) is 2.34. The van der Waals surface area contributed by atoms with Crippen LogP contribution in [-0.4, -0.2) is 25.4 Å². The van der Waals surface area contributed by atoms with Gasteiger partial charge >= 0.3 is 12.3 Å². The molecule has 1 aliphatic carbocycles. The zero-order valence-corrected chi connectivity index (χ0v) is 8.27. The van der Waals surface area contributed by atoms with Crippen LogP contribution in [0.5, 0.6) is 0 Å². The lowest BCUT2D eigenvalue weighted by molar-refractivity contribution is -0.160. The number of carbonyl (C=O) groups excluding carboxylic acids is 1. The van der Waals surface area contributed by atoms with Crippen molar-refractivity contribution >= 4 is 6.09 Å². The highest BCUT2D eigenvalue weighted by atomic mass is 19.4. The van der Waals surface area contributed by atoms with Crippen LogP contribution in [0.3, 0.4) is 0 Å². The second kappa shape index (κ2) is 5.23. The lowest BCUT2D eigenvalue weighted by atomic mass is 10.1. The summed E-state index contributed by atoms with van der Waals surface area (Å²) in [7, 11) is 0. The fourth-order valence-electron chi connectivity index (χ4n) is 1.64. The van der Waals surface area contributed by atoms with Crippen molar-refractivity contribution in [1.29, 1.82) is 0 Å². The number of nitrogens with one attached hydrogen (secondary N) is 1. The molecule has 0 unspecified atom stereocenters. The third-order valence-corrected chi connectivity index (χ3v) is 2.38. The van der Waals surface area contributed by atoms with Crippen LogP contribution in [-0.2, 0) is 4.74 Å². The average Bonchev–Trinajstić information content (AvgIpc) is 2.62. The SMILES string of the molecule is O=C(NCC1CCCC1)OCC(F)(F)F. The van der Waals surface area contributed by atoms with E-state index in [0.717, 1.165) is 25.7 Å². The van der Waals surface area contributed by atoms with Gasteiger partial charge in [0.25, 0.3) is 0 Å². The van der Waals surface area contributed by atoms with E-state index in [1.165, 1.54) is 0 Å². The van der Waals surface area contributed by atoms with Gasteiger partial charge in [-0.1, -0.05) is 12.8 Å². The van der Waals surface area contributed by atoms with Gasteiger partial charge in [0, 0.05) is 6.54 Å². The van der Waals surface area contributed by atoms with Crippen molar-refractivity contribution in [3.05, 3.63) is 0 Å². The molecule has 0 bridgehead atoms. The third-order valence-electron chi connectivity index (χ3n) is 2.38. The maximum absolute atomic E-state index is 11.7. The van der Waals surface area contributed by atoms with Gasteiger partial charge in [-0.3, -0.25) is 0 Å². The summed E-state index contributed by atoms with van der Waals surface area (Å²) >= 11 is 0. The summed E-state index contributed by atoms with van der Waals surface area (Å²) in [6.45, 7) is -1.11. The topological polar surface area (TPSA) is 38.3 Å². The molecule has 0 atom stereocenters. The number of hydrogen-bond donors (Lipinski definition) is 1. The van der Waals surface area contributed by atoms with Crippen LogP contribution in [0.1, 0.15) is 25.7 Å². The Kier molecular flexibility index (Phi) is 4.23. The molecular formula is C9H14F3NO2. The van der Waals surface area contributed by atoms with Gasteiger partial charge in [0.15, 0.2) is 6.61 Å². The van der Waals surface area contributed by atoms with Crippen molar-refractivity contribution < 1.29 is 22.7 Å². The first-order valence-electron chi connectivity index (χ1n) is 4.95. The summed E-state index contributed by atoms with van der Waals surface area (Å²) in [5.74, 6) is 0.392. The van der Waals surface area contributed by atoms with E-state index >= 15 is 0 Å². The van der Waals surface area contributed by atoms with E-state index in [9.17, 15) is 18.0 Å². The Balaban J connectivity index is 2.08. The number of amides is 1. The minimum Gasteiger partial charge on any atom is -0.440 e. The molecule has 0 saturated heterocycles. The highest BCUT2D eigenvalue weighted by molar-refractivity contribution is 5.67. The van der Waals surface area contributed by atoms with Crippen molar-refractivity contribution in [2.75, 3.05) is 13.2 Å². The third kappa shape index (κ3) is 5.49. The standard InChI is InChI=1S/C9H14F3NO2/c10-9(11,12)6-15-8(14)13-5-7-3-1-2-4-7/h7H,1-6H2,(H,13,14). The first kappa shape index (κ1) is 12.1. The van der Waals surface area contributed by atoms with E-state index in [2.05, 4.69) is 10.1 Å². The Hall–Kier alpha value is -0.940. The smallest absolute Gasteiger partial charge is 0.422 e. The Bertz CT molecular complexity index is 212. The second-order valence-corrected chi connectivity index (χ2v) is 3.72. The van der Waals surface area contributed by atoms with Gasteiger partial charge in [0.1, 0.15) is 0 Å². The van der Waals surface area contributed by atoms with Gasteiger partial charge in [-0.15, -0.1) is 0 Å². The summed E-state index contributed by atoms with van der Waals surface area (Å²) in [4.78, 5) is 10.8. The number of alkyl carbamates (subject to hydrolysis) is 1. The highest BCUT2D eigenvalue weighted by Gasteiger charge is 2.29. The van der Waals surface area contributed by atoms with E-state index < -0.39 is 18.9 Å². The van der Waals surface area contributed by atoms with E-state index in [4.69, 9.17) is 0 Å². The number of carbonyl (C=O) groups is 1. The molecule has 0 spiro atoms. The number of ether oxygens (including phenoxy) is 1. The Labute approximate surface area is 86.0 Å². The van der Waals surface area contributed by atoms with Gasteiger partial charge in [0.05, 0.1) is 0 Å². The maximum atomic E-state index is 11.7. The zero-order valence-electron chi connectivity index (χ0n) is 8.27. The molecule has 0 aliphatic heterocycles. The summed E-state index contributed by atoms with van der Waals surface area (Å²) < 4.78 is 38.9. The fourth-order valence-corrected chi connectivity index (χ4v) is 1.64. The monoisotopic (exact) mass is 225 g/mol. The minimum atomic E-state index is -4.45. The van der Waals surface area contributed by atoms with Crippen LogP contribution >= 0.6 is 0 Å². The molecule has 15 heavy (non-hydrogen) atoms. The van der Waals surface area contributed by atoms with Gasteiger partial charge in [-0.2, -0.15) is 13.2 Å². The molecule has 0 aromatic rings. The van der Waals surface area contributed by atoms with Crippen LogP contribution in [0.4, 0.5) is 18.0 Å². The number of rotatable bonds is 3. The van der Waals surface area contributed by atoms with Crippen molar-refractivity contribution in [2.45, 2.75) is 31.9 Å². The largest absolute Gasteiger partial charge is 0.440 e. The van der Waals surface area contributed by atoms with Crippen molar-refractivity contribution in [2.24, 2.45) is 5.92 Å². The lowest BCUT2D eigenvalue weighted by Gasteiger charge is -2.11. The first-order valence-corrected chi connectivity index (χ1v) is 4.95. The Morgan fingerprint density at radius 3 is 2.47 bits per heavy atom. The Morgan fingerprint density at radius 1 is 1.33 bits per heavy atom. The van der Waals surface area contributed by atoms with Gasteiger partial charge in [-0.25, -0.2) is 4.79 Å². The molecule has 1 rings (SSSR count). The second-order valence-electron chi connectivity index (χ2n) is 3.72. The molecule has 0 aromatic carbocycles. The molecule has 1 saturated carbocycles. The van der Waals surface area contributed by atoms with E-state index in [-0.39, 0.29) is 0 Å². The van der Waals surface area contributed by atoms with Crippen LogP contribution < -0.4 is 5.32 Å². The molecule has 6 heteroatoms. The number of halogens is 3.